The maximum absolute atomic E-state index is 5.42. The zero-order valence-electron chi connectivity index (χ0n) is 33.1. The number of benzene rings is 9. The molecule has 3 heterocycles. The smallest absolute Gasteiger partial charge is 0.130 e. The van der Waals surface area contributed by atoms with Gasteiger partial charge in [-0.2, -0.15) is 0 Å². The van der Waals surface area contributed by atoms with Crippen molar-refractivity contribution >= 4 is 50.5 Å². The molecule has 1 atom stereocenters. The minimum atomic E-state index is -0.433. The predicted octanol–water partition coefficient (Wildman–Crippen LogP) is 14.8. The molecule has 0 radical (unpaired) electrons. The summed E-state index contributed by atoms with van der Waals surface area (Å²) in [7, 11) is 0. The van der Waals surface area contributed by atoms with Crippen molar-refractivity contribution in [3.63, 3.8) is 0 Å². The van der Waals surface area contributed by atoms with Gasteiger partial charge in [-0.25, -0.2) is 4.98 Å². The van der Waals surface area contributed by atoms with E-state index in [-0.39, 0.29) is 6.17 Å². The fraction of sp³-hybridized carbons (Fsp3) is 0.0351. The first kappa shape index (κ1) is 34.5. The molecule has 1 aliphatic carbocycles. The average molecular weight is 796 g/mol. The van der Waals surface area contributed by atoms with Crippen LogP contribution in [0.4, 0.5) is 17.1 Å². The molecule has 1 N–H and O–H groups in total. The zero-order valence-corrected chi connectivity index (χ0v) is 33.9. The first-order chi connectivity index (χ1) is 30.2. The summed E-state index contributed by atoms with van der Waals surface area (Å²) in [4.78, 5) is 10.4. The van der Waals surface area contributed by atoms with Gasteiger partial charge in [0.15, 0.2) is 0 Å². The molecule has 4 heteroatoms. The van der Waals surface area contributed by atoms with Gasteiger partial charge < -0.3 is 10.2 Å². The number of fused-ring (bicyclic) bond motifs is 13. The van der Waals surface area contributed by atoms with Crippen LogP contribution in [-0.4, -0.2) is 4.98 Å². The Balaban J connectivity index is 0.928. The standard InChI is InChI=1S/C57H37N3S/c1-2-14-40(15-3-1)60-52-23-11-10-22-51(52)59-56(60)39-32-28-37(29-33-39)36-26-30-38(31-27-36)55-45-34-44-41-16-4-6-18-46(41)57(49(44)35-43(45)42-17-5-9-21-50(42)58-55)47-19-7-12-24-53(47)61-54-25-13-8-20-48(54)57/h1-35,56,59H. The van der Waals surface area contributed by atoms with Crippen molar-refractivity contribution in [3.8, 4) is 33.5 Å². The van der Waals surface area contributed by atoms with Crippen molar-refractivity contribution < 1.29 is 0 Å². The Labute approximate surface area is 359 Å². The van der Waals surface area contributed by atoms with Gasteiger partial charge >= 0.3 is 0 Å². The van der Waals surface area contributed by atoms with Crippen molar-refractivity contribution in [2.45, 2.75) is 21.4 Å². The Hall–Kier alpha value is -7.40. The van der Waals surface area contributed by atoms with Crippen LogP contribution in [0, 0.1) is 0 Å². The van der Waals surface area contributed by atoms with Gasteiger partial charge in [0, 0.05) is 31.8 Å². The SMILES string of the molecule is c1ccc(N2c3ccccc3NC2c2ccc(-c3ccc(-c4nc5ccccc5c5cc6c(cc45)-c4ccccc4C64c5ccccc5Sc5ccccc54)cc3)cc2)cc1. The number of aromatic nitrogens is 1. The third-order valence-corrected chi connectivity index (χ3v) is 14.3. The van der Waals surface area contributed by atoms with E-state index in [1.54, 1.807) is 0 Å². The van der Waals surface area contributed by atoms with Crippen LogP contribution in [0.1, 0.15) is 34.0 Å². The minimum Gasteiger partial charge on any atom is -0.359 e. The lowest BCUT2D eigenvalue weighted by molar-refractivity contribution is 0.723. The van der Waals surface area contributed by atoms with E-state index in [4.69, 9.17) is 4.98 Å². The number of nitrogens with zero attached hydrogens (tertiary/aromatic N) is 2. The van der Waals surface area contributed by atoms with E-state index in [9.17, 15) is 0 Å². The van der Waals surface area contributed by atoms with Crippen molar-refractivity contribution in [2.24, 2.45) is 0 Å². The van der Waals surface area contributed by atoms with E-state index in [2.05, 4.69) is 223 Å². The monoisotopic (exact) mass is 795 g/mol. The van der Waals surface area contributed by atoms with Crippen molar-refractivity contribution in [1.29, 1.82) is 0 Å². The molecule has 1 aromatic heterocycles. The molecule has 1 unspecified atom stereocenters. The van der Waals surface area contributed by atoms with E-state index in [1.807, 2.05) is 11.8 Å². The lowest BCUT2D eigenvalue weighted by Gasteiger charge is -2.39. The summed E-state index contributed by atoms with van der Waals surface area (Å²) in [5.41, 5.74) is 17.7. The van der Waals surface area contributed by atoms with Gasteiger partial charge in [-0.1, -0.05) is 169 Å². The van der Waals surface area contributed by atoms with Crippen molar-refractivity contribution in [1.82, 2.24) is 4.98 Å². The number of hydrogen-bond donors (Lipinski definition) is 1. The highest BCUT2D eigenvalue weighted by atomic mass is 32.2. The van der Waals surface area contributed by atoms with E-state index in [0.29, 0.717) is 0 Å². The summed E-state index contributed by atoms with van der Waals surface area (Å²) in [6.45, 7) is 0. The Morgan fingerprint density at radius 2 is 1.07 bits per heavy atom. The number of pyridine rings is 1. The van der Waals surface area contributed by atoms with E-state index >= 15 is 0 Å². The quantitative estimate of drug-likeness (QED) is 0.180. The van der Waals surface area contributed by atoms with Crippen LogP contribution in [0.25, 0.3) is 55.2 Å². The van der Waals surface area contributed by atoms with Crippen LogP contribution in [0.15, 0.2) is 222 Å². The van der Waals surface area contributed by atoms with Crippen LogP contribution >= 0.6 is 11.8 Å². The number of anilines is 3. The number of para-hydroxylation sites is 4. The van der Waals surface area contributed by atoms with Gasteiger partial charge in [0.05, 0.1) is 28.0 Å². The first-order valence-electron chi connectivity index (χ1n) is 21.0. The van der Waals surface area contributed by atoms with Crippen LogP contribution in [0.5, 0.6) is 0 Å². The molecule has 0 bridgehead atoms. The molecule has 2 aliphatic heterocycles. The maximum atomic E-state index is 5.42. The molecule has 9 aromatic carbocycles. The molecular formula is C57H37N3S. The predicted molar refractivity (Wildman–Crippen MR) is 253 cm³/mol. The number of nitrogens with one attached hydrogen (secondary N) is 1. The second kappa shape index (κ2) is 13.3. The highest BCUT2D eigenvalue weighted by molar-refractivity contribution is 7.99. The zero-order chi connectivity index (χ0) is 40.1. The second-order valence-corrected chi connectivity index (χ2v) is 17.4. The Morgan fingerprint density at radius 1 is 0.459 bits per heavy atom. The summed E-state index contributed by atoms with van der Waals surface area (Å²) >= 11 is 1.89. The lowest BCUT2D eigenvalue weighted by Crippen LogP contribution is -2.31. The molecule has 0 fully saturated rings. The topological polar surface area (TPSA) is 28.2 Å². The van der Waals surface area contributed by atoms with E-state index in [1.165, 1.54) is 81.7 Å². The molecule has 286 valence electrons. The van der Waals surface area contributed by atoms with Gasteiger partial charge in [-0.05, 0) is 110 Å². The molecule has 0 amide bonds. The molecule has 61 heavy (non-hydrogen) atoms. The normalized spacial score (nSPS) is 15.2. The maximum Gasteiger partial charge on any atom is 0.130 e. The third-order valence-electron chi connectivity index (χ3n) is 13.1. The molecule has 10 aromatic rings. The summed E-state index contributed by atoms with van der Waals surface area (Å²) in [6, 6.07) is 77.9. The van der Waals surface area contributed by atoms with Crippen LogP contribution in [0.2, 0.25) is 0 Å². The fourth-order valence-electron chi connectivity index (χ4n) is 10.5. The Kier molecular flexibility index (Phi) is 7.52. The molecule has 1 spiro atoms. The van der Waals surface area contributed by atoms with Gasteiger partial charge in [0.2, 0.25) is 0 Å². The van der Waals surface area contributed by atoms with Gasteiger partial charge in [-0.3, -0.25) is 0 Å². The summed E-state index contributed by atoms with van der Waals surface area (Å²) in [6.07, 6.45) is -0.00623. The molecule has 3 aliphatic rings. The van der Waals surface area contributed by atoms with Crippen LogP contribution < -0.4 is 10.2 Å². The van der Waals surface area contributed by atoms with Crippen LogP contribution in [0.3, 0.4) is 0 Å². The van der Waals surface area contributed by atoms with Gasteiger partial charge in [0.1, 0.15) is 6.17 Å². The van der Waals surface area contributed by atoms with Gasteiger partial charge in [0.25, 0.3) is 0 Å². The highest BCUT2D eigenvalue weighted by Gasteiger charge is 2.50. The minimum absolute atomic E-state index is 0.00623. The van der Waals surface area contributed by atoms with Crippen molar-refractivity contribution in [2.75, 3.05) is 10.2 Å². The number of hydrogen-bond acceptors (Lipinski definition) is 4. The highest BCUT2D eigenvalue weighted by Crippen LogP contribution is 2.63. The van der Waals surface area contributed by atoms with Crippen LogP contribution in [-0.2, 0) is 5.41 Å². The third kappa shape index (κ3) is 5.03. The fourth-order valence-corrected chi connectivity index (χ4v) is 11.7. The first-order valence-corrected chi connectivity index (χ1v) is 21.8. The summed E-state index contributed by atoms with van der Waals surface area (Å²) < 4.78 is 0. The Morgan fingerprint density at radius 3 is 1.84 bits per heavy atom. The molecule has 0 saturated carbocycles. The molecular weight excluding hydrogens is 759 g/mol. The van der Waals surface area contributed by atoms with Crippen molar-refractivity contribution in [3.05, 3.63) is 240 Å². The number of rotatable bonds is 4. The molecule has 3 nitrogen and oxygen atoms in total. The average Bonchev–Trinajstić information content (AvgIpc) is 3.85. The summed E-state index contributed by atoms with van der Waals surface area (Å²) in [5, 5.41) is 7.34. The van der Waals surface area contributed by atoms with Gasteiger partial charge in [-0.15, -0.1) is 0 Å². The van der Waals surface area contributed by atoms with E-state index in [0.717, 1.165) is 28.1 Å². The summed E-state index contributed by atoms with van der Waals surface area (Å²) in [5.74, 6) is 0. The largest absolute Gasteiger partial charge is 0.359 e. The second-order valence-electron chi connectivity index (χ2n) is 16.3. The lowest BCUT2D eigenvalue weighted by atomic mass is 9.67. The molecule has 13 rings (SSSR count). The molecule has 0 saturated heterocycles. The van der Waals surface area contributed by atoms with E-state index < -0.39 is 5.41 Å². The Bertz CT molecular complexity index is 3330.